The predicted molar refractivity (Wildman–Crippen MR) is 86.3 cm³/mol. The molecule has 2 heterocycles. The van der Waals surface area contributed by atoms with Crippen molar-refractivity contribution in [2.45, 2.75) is 6.92 Å². The van der Waals surface area contributed by atoms with E-state index in [1.165, 1.54) is 23.5 Å². The highest BCUT2D eigenvalue weighted by Crippen LogP contribution is 2.36. The van der Waals surface area contributed by atoms with Crippen molar-refractivity contribution >= 4 is 62.2 Å². The van der Waals surface area contributed by atoms with Crippen LogP contribution in [-0.2, 0) is 0 Å². The molecule has 0 fully saturated rings. The molecule has 0 amide bonds. The molecule has 0 aliphatic rings. The number of benzene rings is 1. The molecule has 0 aliphatic carbocycles. The zero-order chi connectivity index (χ0) is 15.1. The Morgan fingerprint density at radius 1 is 1.19 bits per heavy atom. The Kier molecular flexibility index (Phi) is 3.61. The minimum atomic E-state index is -0.505. The van der Waals surface area contributed by atoms with E-state index in [2.05, 4.69) is 15.3 Å². The van der Waals surface area contributed by atoms with E-state index in [4.69, 9.17) is 28.9 Å². The molecular weight excluding hydrogens is 334 g/mol. The summed E-state index contributed by atoms with van der Waals surface area (Å²) in [4.78, 5) is 10.2. The van der Waals surface area contributed by atoms with Gasteiger partial charge in [0.2, 0.25) is 5.95 Å². The normalized spacial score (nSPS) is 11.0. The lowest BCUT2D eigenvalue weighted by Crippen LogP contribution is -2.01. The van der Waals surface area contributed by atoms with Gasteiger partial charge in [-0.3, -0.25) is 0 Å². The molecule has 3 rings (SSSR count). The lowest BCUT2D eigenvalue weighted by Gasteiger charge is -2.11. The van der Waals surface area contributed by atoms with Crippen molar-refractivity contribution in [2.24, 2.45) is 0 Å². The van der Waals surface area contributed by atoms with Gasteiger partial charge in [0.1, 0.15) is 16.5 Å². The maximum Gasteiger partial charge on any atom is 0.223 e. The number of nitrogens with one attached hydrogen (secondary N) is 1. The first-order valence-electron chi connectivity index (χ1n) is 5.89. The Morgan fingerprint density at radius 2 is 1.86 bits per heavy atom. The highest BCUT2D eigenvalue weighted by molar-refractivity contribution is 7.18. The topological polar surface area (TPSA) is 63.8 Å². The summed E-state index contributed by atoms with van der Waals surface area (Å²) < 4.78 is 13.2. The van der Waals surface area contributed by atoms with Crippen molar-refractivity contribution in [3.05, 3.63) is 38.9 Å². The molecule has 3 N–H and O–H groups in total. The summed E-state index contributed by atoms with van der Waals surface area (Å²) in [7, 11) is 0. The van der Waals surface area contributed by atoms with Gasteiger partial charge in [-0.25, -0.2) is 9.37 Å². The molecule has 0 atom stereocenters. The molecule has 3 aromatic rings. The van der Waals surface area contributed by atoms with Gasteiger partial charge in [0.05, 0.1) is 21.1 Å². The van der Waals surface area contributed by atoms with Gasteiger partial charge >= 0.3 is 0 Å². The van der Waals surface area contributed by atoms with Gasteiger partial charge in [-0.2, -0.15) is 4.98 Å². The number of nitrogens with zero attached hydrogens (tertiary/aromatic N) is 2. The molecule has 0 bridgehead atoms. The predicted octanol–water partition coefficient (Wildman–Crippen LogP) is 4.77. The van der Waals surface area contributed by atoms with Gasteiger partial charge in [0, 0.05) is 4.88 Å². The van der Waals surface area contributed by atoms with E-state index in [-0.39, 0.29) is 16.0 Å². The van der Waals surface area contributed by atoms with Crippen molar-refractivity contribution in [1.29, 1.82) is 0 Å². The quantitative estimate of drug-likeness (QED) is 0.703. The van der Waals surface area contributed by atoms with E-state index < -0.39 is 5.82 Å². The molecule has 4 nitrogen and oxygen atoms in total. The maximum atomic E-state index is 13.2. The molecule has 21 heavy (non-hydrogen) atoms. The van der Waals surface area contributed by atoms with Gasteiger partial charge in [-0.15, -0.1) is 11.3 Å². The Bertz CT molecular complexity index is 827. The number of aromatic nitrogens is 2. The number of thiophene rings is 1. The minimum Gasteiger partial charge on any atom is -0.368 e. The summed E-state index contributed by atoms with van der Waals surface area (Å²) >= 11 is 13.5. The fraction of sp³-hybridized carbons (Fsp3) is 0.0769. The zero-order valence-corrected chi connectivity index (χ0v) is 13.1. The minimum absolute atomic E-state index is 0.140. The van der Waals surface area contributed by atoms with Crippen LogP contribution in [0.3, 0.4) is 0 Å². The molecule has 2 aromatic heterocycles. The second-order valence-electron chi connectivity index (χ2n) is 4.38. The number of anilines is 3. The second-order valence-corrected chi connectivity index (χ2v) is 6.42. The van der Waals surface area contributed by atoms with Crippen LogP contribution in [0.4, 0.5) is 21.8 Å². The van der Waals surface area contributed by atoms with Crippen molar-refractivity contribution < 1.29 is 4.39 Å². The molecule has 0 radical (unpaired) electrons. The lowest BCUT2D eigenvalue weighted by atomic mass is 10.3. The fourth-order valence-electron chi connectivity index (χ4n) is 1.93. The summed E-state index contributed by atoms with van der Waals surface area (Å²) in [5.74, 6) is 0.118. The first-order valence-corrected chi connectivity index (χ1v) is 7.46. The number of nitrogen functional groups attached to an aromatic ring is 1. The first kappa shape index (κ1) is 14.3. The standard InChI is InChI=1S/C13H9Cl2FN4S/c1-5-2-7-11(19-13(17)20-12(7)21-5)18-10-8(14)3-6(16)4-9(10)15/h2-4H,1H3,(H3,17,18,19,20). The van der Waals surface area contributed by atoms with Crippen LogP contribution >= 0.6 is 34.5 Å². The van der Waals surface area contributed by atoms with Crippen LogP contribution in [0.5, 0.6) is 0 Å². The van der Waals surface area contributed by atoms with E-state index in [0.29, 0.717) is 11.5 Å². The number of nitrogens with two attached hydrogens (primary N) is 1. The number of halogens is 3. The maximum absolute atomic E-state index is 13.2. The van der Waals surface area contributed by atoms with Crippen LogP contribution < -0.4 is 11.1 Å². The third-order valence-corrected chi connectivity index (χ3v) is 4.32. The van der Waals surface area contributed by atoms with Crippen molar-refractivity contribution in [3.8, 4) is 0 Å². The zero-order valence-electron chi connectivity index (χ0n) is 10.7. The molecule has 0 unspecified atom stereocenters. The number of rotatable bonds is 2. The summed E-state index contributed by atoms with van der Waals surface area (Å²) in [5.41, 5.74) is 6.08. The Morgan fingerprint density at radius 3 is 2.52 bits per heavy atom. The van der Waals surface area contributed by atoms with Crippen LogP contribution in [0.15, 0.2) is 18.2 Å². The highest BCUT2D eigenvalue weighted by atomic mass is 35.5. The van der Waals surface area contributed by atoms with Gasteiger partial charge in [0.15, 0.2) is 0 Å². The molecule has 0 saturated heterocycles. The molecule has 108 valence electrons. The van der Waals surface area contributed by atoms with E-state index in [1.807, 2.05) is 13.0 Å². The van der Waals surface area contributed by atoms with E-state index in [0.717, 1.165) is 15.1 Å². The molecule has 8 heteroatoms. The van der Waals surface area contributed by atoms with Gasteiger partial charge in [-0.1, -0.05) is 23.2 Å². The SMILES string of the molecule is Cc1cc2c(Nc3c(Cl)cc(F)cc3Cl)nc(N)nc2s1. The number of fused-ring (bicyclic) bond motifs is 1. The summed E-state index contributed by atoms with van der Waals surface area (Å²) in [6.45, 7) is 1.96. The van der Waals surface area contributed by atoms with Gasteiger partial charge in [0.25, 0.3) is 0 Å². The number of hydrogen-bond donors (Lipinski definition) is 2. The van der Waals surface area contributed by atoms with Gasteiger partial charge < -0.3 is 11.1 Å². The summed E-state index contributed by atoms with van der Waals surface area (Å²) in [6, 6.07) is 4.29. The smallest absolute Gasteiger partial charge is 0.223 e. The molecule has 0 aliphatic heterocycles. The molecule has 0 saturated carbocycles. The third kappa shape index (κ3) is 2.74. The number of aryl methyl sites for hydroxylation is 1. The Labute approximate surface area is 133 Å². The molecule has 1 aromatic carbocycles. The highest BCUT2D eigenvalue weighted by Gasteiger charge is 2.14. The fourth-order valence-corrected chi connectivity index (χ4v) is 3.38. The third-order valence-electron chi connectivity index (χ3n) is 2.78. The van der Waals surface area contributed by atoms with Crippen LogP contribution in [0, 0.1) is 12.7 Å². The Balaban J connectivity index is 2.14. The average Bonchev–Trinajstić information content (AvgIpc) is 2.73. The van der Waals surface area contributed by atoms with E-state index in [1.54, 1.807) is 0 Å². The number of hydrogen-bond acceptors (Lipinski definition) is 5. The van der Waals surface area contributed by atoms with E-state index >= 15 is 0 Å². The monoisotopic (exact) mass is 342 g/mol. The van der Waals surface area contributed by atoms with Crippen LogP contribution in [-0.4, -0.2) is 9.97 Å². The largest absolute Gasteiger partial charge is 0.368 e. The second kappa shape index (κ2) is 5.29. The first-order chi connectivity index (χ1) is 9.94. The van der Waals surface area contributed by atoms with Crippen LogP contribution in [0.25, 0.3) is 10.2 Å². The summed E-state index contributed by atoms with van der Waals surface area (Å²) in [5, 5.41) is 4.15. The van der Waals surface area contributed by atoms with Crippen LogP contribution in [0.2, 0.25) is 10.0 Å². The lowest BCUT2D eigenvalue weighted by molar-refractivity contribution is 0.628. The van der Waals surface area contributed by atoms with Crippen molar-refractivity contribution in [1.82, 2.24) is 9.97 Å². The molecule has 0 spiro atoms. The average molecular weight is 343 g/mol. The van der Waals surface area contributed by atoms with Crippen molar-refractivity contribution in [2.75, 3.05) is 11.1 Å². The van der Waals surface area contributed by atoms with Gasteiger partial charge in [-0.05, 0) is 25.1 Å². The summed E-state index contributed by atoms with van der Waals surface area (Å²) in [6.07, 6.45) is 0. The molecular formula is C13H9Cl2FN4S. The van der Waals surface area contributed by atoms with Crippen LogP contribution in [0.1, 0.15) is 4.88 Å². The van der Waals surface area contributed by atoms with E-state index in [9.17, 15) is 4.39 Å². The van der Waals surface area contributed by atoms with Crippen molar-refractivity contribution in [3.63, 3.8) is 0 Å². The Hall–Kier alpha value is -1.63.